The summed E-state index contributed by atoms with van der Waals surface area (Å²) in [7, 11) is 1.72. The van der Waals surface area contributed by atoms with E-state index in [4.69, 9.17) is 5.11 Å². The number of urea groups is 1. The molecule has 0 radical (unpaired) electrons. The number of rotatable bonds is 4. The van der Waals surface area contributed by atoms with Gasteiger partial charge in [-0.1, -0.05) is 36.8 Å². The molecule has 1 aliphatic rings. The van der Waals surface area contributed by atoms with Crippen LogP contribution in [-0.4, -0.2) is 35.1 Å². The van der Waals surface area contributed by atoms with Crippen LogP contribution in [0.2, 0.25) is 0 Å². The number of nitrogens with zero attached hydrogens (tertiary/aromatic N) is 1. The van der Waals surface area contributed by atoms with Gasteiger partial charge in [-0.15, -0.1) is 0 Å². The number of carboxylic acids is 1. The highest BCUT2D eigenvalue weighted by Crippen LogP contribution is 2.25. The lowest BCUT2D eigenvalue weighted by Crippen LogP contribution is -2.45. The first-order chi connectivity index (χ1) is 9.58. The minimum Gasteiger partial charge on any atom is -0.481 e. The maximum absolute atomic E-state index is 12.1. The topological polar surface area (TPSA) is 69.6 Å². The monoisotopic (exact) mass is 276 g/mol. The lowest BCUT2D eigenvalue weighted by atomic mass is 10.0. The predicted octanol–water partition coefficient (Wildman–Crippen LogP) is 2.08. The van der Waals surface area contributed by atoms with Gasteiger partial charge < -0.3 is 15.3 Å². The molecule has 1 aliphatic carbocycles. The van der Waals surface area contributed by atoms with E-state index in [0.29, 0.717) is 13.0 Å². The third-order valence-corrected chi connectivity index (χ3v) is 3.75. The quantitative estimate of drug-likeness (QED) is 0.884. The Hall–Kier alpha value is -2.04. The molecule has 0 bridgehead atoms. The zero-order chi connectivity index (χ0) is 14.5. The first-order valence-electron chi connectivity index (χ1n) is 6.86. The third-order valence-electron chi connectivity index (χ3n) is 3.75. The molecule has 108 valence electrons. The van der Waals surface area contributed by atoms with Crippen LogP contribution in [0.25, 0.3) is 0 Å². The molecule has 0 spiro atoms. The van der Waals surface area contributed by atoms with Gasteiger partial charge >= 0.3 is 12.0 Å². The van der Waals surface area contributed by atoms with Gasteiger partial charge in [-0.05, 0) is 18.4 Å². The third kappa shape index (κ3) is 3.50. The van der Waals surface area contributed by atoms with Crippen molar-refractivity contribution in [3.05, 3.63) is 35.9 Å². The van der Waals surface area contributed by atoms with Crippen molar-refractivity contribution < 1.29 is 14.7 Å². The second kappa shape index (κ2) is 6.41. The van der Waals surface area contributed by atoms with Crippen molar-refractivity contribution in [1.29, 1.82) is 0 Å². The molecule has 1 fully saturated rings. The number of hydrogen-bond acceptors (Lipinski definition) is 2. The lowest BCUT2D eigenvalue weighted by molar-refractivity contribution is -0.142. The Kier molecular flexibility index (Phi) is 4.61. The Bertz CT molecular complexity index is 475. The summed E-state index contributed by atoms with van der Waals surface area (Å²) in [5.41, 5.74) is 1.05. The molecule has 2 rings (SSSR count). The molecule has 20 heavy (non-hydrogen) atoms. The summed E-state index contributed by atoms with van der Waals surface area (Å²) in [5, 5.41) is 11.9. The molecule has 2 N–H and O–H groups in total. The molecule has 5 heteroatoms. The van der Waals surface area contributed by atoms with E-state index in [-0.39, 0.29) is 12.1 Å². The fourth-order valence-electron chi connectivity index (χ4n) is 2.63. The van der Waals surface area contributed by atoms with Crippen molar-refractivity contribution in [2.24, 2.45) is 5.92 Å². The van der Waals surface area contributed by atoms with E-state index in [0.717, 1.165) is 18.4 Å². The lowest BCUT2D eigenvalue weighted by Gasteiger charge is -2.23. The Morgan fingerprint density at radius 1 is 1.30 bits per heavy atom. The molecule has 1 aromatic rings. The highest BCUT2D eigenvalue weighted by atomic mass is 16.4. The highest BCUT2D eigenvalue weighted by Gasteiger charge is 2.34. The van der Waals surface area contributed by atoms with Crippen LogP contribution in [0.15, 0.2) is 30.3 Å². The summed E-state index contributed by atoms with van der Waals surface area (Å²) < 4.78 is 0. The molecule has 2 amide bonds. The fourth-order valence-corrected chi connectivity index (χ4v) is 2.63. The number of aliphatic carboxylic acids is 1. The Labute approximate surface area is 118 Å². The van der Waals surface area contributed by atoms with Crippen LogP contribution in [0.3, 0.4) is 0 Å². The molecule has 0 heterocycles. The molecule has 5 nitrogen and oxygen atoms in total. The van der Waals surface area contributed by atoms with Gasteiger partial charge in [-0.2, -0.15) is 0 Å². The molecular formula is C15H20N2O3. The molecule has 0 aliphatic heterocycles. The number of amides is 2. The number of nitrogens with one attached hydrogen (secondary N) is 1. The first-order valence-corrected chi connectivity index (χ1v) is 6.86. The van der Waals surface area contributed by atoms with Gasteiger partial charge in [-0.3, -0.25) is 4.79 Å². The van der Waals surface area contributed by atoms with Gasteiger partial charge in [0, 0.05) is 19.6 Å². The molecule has 0 aromatic heterocycles. The summed E-state index contributed by atoms with van der Waals surface area (Å²) in [6.45, 7) is 0.511. The second-order valence-electron chi connectivity index (χ2n) is 5.27. The Morgan fingerprint density at radius 2 is 2.00 bits per heavy atom. The van der Waals surface area contributed by atoms with E-state index in [1.165, 1.54) is 0 Å². The van der Waals surface area contributed by atoms with Crippen molar-refractivity contribution in [2.75, 3.05) is 7.05 Å². The van der Waals surface area contributed by atoms with E-state index < -0.39 is 11.9 Å². The van der Waals surface area contributed by atoms with Crippen molar-refractivity contribution in [1.82, 2.24) is 10.2 Å². The largest absolute Gasteiger partial charge is 0.481 e. The van der Waals surface area contributed by atoms with Crippen LogP contribution in [0, 0.1) is 5.92 Å². The van der Waals surface area contributed by atoms with Crippen LogP contribution in [0.1, 0.15) is 24.8 Å². The number of carbonyl (C=O) groups is 2. The predicted molar refractivity (Wildman–Crippen MR) is 75.2 cm³/mol. The molecule has 1 aromatic carbocycles. The maximum atomic E-state index is 12.1. The van der Waals surface area contributed by atoms with Gasteiger partial charge in [0.05, 0.1) is 5.92 Å². The number of benzene rings is 1. The van der Waals surface area contributed by atoms with Crippen LogP contribution < -0.4 is 5.32 Å². The molecule has 2 atom stereocenters. The SMILES string of the molecule is CN(Cc1ccccc1)C(=O)NC1CCCC1C(=O)O. The molecular weight excluding hydrogens is 256 g/mol. The summed E-state index contributed by atoms with van der Waals surface area (Å²) in [6.07, 6.45) is 2.23. The van der Waals surface area contributed by atoms with E-state index in [9.17, 15) is 9.59 Å². The second-order valence-corrected chi connectivity index (χ2v) is 5.27. The van der Waals surface area contributed by atoms with Crippen molar-refractivity contribution >= 4 is 12.0 Å². The van der Waals surface area contributed by atoms with Crippen LogP contribution >= 0.6 is 0 Å². The van der Waals surface area contributed by atoms with Gasteiger partial charge in [0.2, 0.25) is 0 Å². The summed E-state index contributed by atoms with van der Waals surface area (Å²) in [6, 6.07) is 9.24. The smallest absolute Gasteiger partial charge is 0.317 e. The minimum atomic E-state index is -0.821. The minimum absolute atomic E-state index is 0.216. The van der Waals surface area contributed by atoms with E-state index in [2.05, 4.69) is 5.32 Å². The number of hydrogen-bond donors (Lipinski definition) is 2. The standard InChI is InChI=1S/C15H20N2O3/c1-17(10-11-6-3-2-4-7-11)15(20)16-13-9-5-8-12(13)14(18)19/h2-4,6-7,12-13H,5,8-10H2,1H3,(H,16,20)(H,18,19). The van der Waals surface area contributed by atoms with Crippen molar-refractivity contribution in [3.8, 4) is 0 Å². The summed E-state index contributed by atoms with van der Waals surface area (Å²) in [5.74, 6) is -1.28. The zero-order valence-electron chi connectivity index (χ0n) is 11.6. The Morgan fingerprint density at radius 3 is 2.65 bits per heavy atom. The maximum Gasteiger partial charge on any atom is 0.317 e. The van der Waals surface area contributed by atoms with E-state index in [1.54, 1.807) is 11.9 Å². The van der Waals surface area contributed by atoms with Crippen LogP contribution in [0.4, 0.5) is 4.79 Å². The van der Waals surface area contributed by atoms with Gasteiger partial charge in [0.25, 0.3) is 0 Å². The van der Waals surface area contributed by atoms with Crippen LogP contribution in [0.5, 0.6) is 0 Å². The molecule has 2 unspecified atom stereocenters. The van der Waals surface area contributed by atoms with Gasteiger partial charge in [-0.25, -0.2) is 4.79 Å². The zero-order valence-corrected chi connectivity index (χ0v) is 11.6. The fraction of sp³-hybridized carbons (Fsp3) is 0.467. The van der Waals surface area contributed by atoms with Gasteiger partial charge in [0.15, 0.2) is 0 Å². The summed E-state index contributed by atoms with van der Waals surface area (Å²) >= 11 is 0. The number of carbonyl (C=O) groups excluding carboxylic acids is 1. The molecule has 1 saturated carbocycles. The van der Waals surface area contributed by atoms with Gasteiger partial charge in [0.1, 0.15) is 0 Å². The van der Waals surface area contributed by atoms with E-state index in [1.807, 2.05) is 30.3 Å². The average molecular weight is 276 g/mol. The Balaban J connectivity index is 1.89. The highest BCUT2D eigenvalue weighted by molar-refractivity contribution is 5.77. The number of carboxylic acid groups (broad SMARTS) is 1. The molecule has 0 saturated heterocycles. The summed E-state index contributed by atoms with van der Waals surface area (Å²) in [4.78, 5) is 24.8. The first kappa shape index (κ1) is 14.4. The average Bonchev–Trinajstić information content (AvgIpc) is 2.88. The van der Waals surface area contributed by atoms with E-state index >= 15 is 0 Å². The van der Waals surface area contributed by atoms with Crippen molar-refractivity contribution in [3.63, 3.8) is 0 Å². The van der Waals surface area contributed by atoms with Crippen LogP contribution in [-0.2, 0) is 11.3 Å². The van der Waals surface area contributed by atoms with Crippen molar-refractivity contribution in [2.45, 2.75) is 31.8 Å². The normalized spacial score (nSPS) is 21.4.